The summed E-state index contributed by atoms with van der Waals surface area (Å²) in [7, 11) is -3.68. The van der Waals surface area contributed by atoms with E-state index in [4.69, 9.17) is 4.18 Å². The molecule has 0 fully saturated rings. The zero-order valence-electron chi connectivity index (χ0n) is 11.2. The first-order valence-electron chi connectivity index (χ1n) is 6.26. The highest BCUT2D eigenvalue weighted by Gasteiger charge is 2.13. The SMILES string of the molecule is Cc1ccc(S(=O)(=O)OCC=Cc2ccccc2)cc1. The van der Waals surface area contributed by atoms with E-state index in [1.807, 2.05) is 43.3 Å². The average Bonchev–Trinajstić information content (AvgIpc) is 2.45. The lowest BCUT2D eigenvalue weighted by atomic mass is 10.2. The number of benzene rings is 2. The standard InChI is InChI=1S/C16H16O3S/c1-14-9-11-16(12-10-14)20(17,18)19-13-5-8-15-6-3-2-4-7-15/h2-12H,13H2,1H3. The highest BCUT2D eigenvalue weighted by molar-refractivity contribution is 7.86. The van der Waals surface area contributed by atoms with Crippen molar-refractivity contribution < 1.29 is 12.6 Å². The van der Waals surface area contributed by atoms with Crippen LogP contribution in [-0.4, -0.2) is 15.0 Å². The first-order chi connectivity index (χ1) is 9.58. The van der Waals surface area contributed by atoms with E-state index >= 15 is 0 Å². The molecule has 4 heteroatoms. The Labute approximate surface area is 119 Å². The van der Waals surface area contributed by atoms with E-state index in [9.17, 15) is 8.42 Å². The largest absolute Gasteiger partial charge is 0.297 e. The fourth-order valence-corrected chi connectivity index (χ4v) is 2.51. The minimum atomic E-state index is -3.68. The Kier molecular flexibility index (Phi) is 4.71. The van der Waals surface area contributed by atoms with Crippen LogP contribution in [0.5, 0.6) is 0 Å². The predicted molar refractivity (Wildman–Crippen MR) is 79.8 cm³/mol. The number of hydrogen-bond acceptors (Lipinski definition) is 3. The topological polar surface area (TPSA) is 43.4 Å². The number of rotatable bonds is 5. The normalized spacial score (nSPS) is 11.8. The maximum Gasteiger partial charge on any atom is 0.297 e. The fraction of sp³-hybridized carbons (Fsp3) is 0.125. The van der Waals surface area contributed by atoms with Crippen LogP contribution in [0.1, 0.15) is 11.1 Å². The fourth-order valence-electron chi connectivity index (χ4n) is 1.65. The van der Waals surface area contributed by atoms with Crippen molar-refractivity contribution in [2.75, 3.05) is 6.61 Å². The molecule has 0 saturated heterocycles. The van der Waals surface area contributed by atoms with Gasteiger partial charge in [0.05, 0.1) is 11.5 Å². The predicted octanol–water partition coefficient (Wildman–Crippen LogP) is 3.41. The van der Waals surface area contributed by atoms with E-state index in [0.717, 1.165) is 11.1 Å². The average molecular weight is 288 g/mol. The molecule has 0 unspecified atom stereocenters. The molecule has 0 aliphatic carbocycles. The van der Waals surface area contributed by atoms with E-state index in [1.54, 1.807) is 30.3 Å². The van der Waals surface area contributed by atoms with Crippen LogP contribution < -0.4 is 0 Å². The van der Waals surface area contributed by atoms with Gasteiger partial charge in [-0.3, -0.25) is 4.18 Å². The molecule has 0 heterocycles. The molecule has 0 atom stereocenters. The zero-order chi connectivity index (χ0) is 14.4. The van der Waals surface area contributed by atoms with Gasteiger partial charge in [0.25, 0.3) is 10.1 Å². The summed E-state index contributed by atoms with van der Waals surface area (Å²) >= 11 is 0. The van der Waals surface area contributed by atoms with Gasteiger partial charge in [-0.2, -0.15) is 8.42 Å². The number of aryl methyl sites for hydroxylation is 1. The van der Waals surface area contributed by atoms with Gasteiger partial charge < -0.3 is 0 Å². The minimum absolute atomic E-state index is 0.0190. The van der Waals surface area contributed by atoms with Crippen LogP contribution in [0, 0.1) is 6.92 Å². The Morgan fingerprint density at radius 2 is 1.65 bits per heavy atom. The molecule has 0 aromatic heterocycles. The third-order valence-electron chi connectivity index (χ3n) is 2.74. The Balaban J connectivity index is 1.96. The molecule has 2 aromatic carbocycles. The lowest BCUT2D eigenvalue weighted by molar-refractivity contribution is 0.357. The van der Waals surface area contributed by atoms with E-state index in [-0.39, 0.29) is 11.5 Å². The molecule has 3 nitrogen and oxygen atoms in total. The molecule has 0 aliphatic rings. The second-order valence-corrected chi connectivity index (χ2v) is 5.98. The quantitative estimate of drug-likeness (QED) is 0.792. The molecule has 0 aliphatic heterocycles. The van der Waals surface area contributed by atoms with E-state index in [0.29, 0.717) is 0 Å². The monoisotopic (exact) mass is 288 g/mol. The Hall–Kier alpha value is -1.91. The summed E-state index contributed by atoms with van der Waals surface area (Å²) < 4.78 is 28.8. The highest BCUT2D eigenvalue weighted by atomic mass is 32.2. The van der Waals surface area contributed by atoms with Crippen LogP contribution in [0.4, 0.5) is 0 Å². The molecule has 0 amide bonds. The van der Waals surface area contributed by atoms with Crippen molar-refractivity contribution in [3.63, 3.8) is 0 Å². The summed E-state index contributed by atoms with van der Waals surface area (Å²) in [5.41, 5.74) is 2.01. The van der Waals surface area contributed by atoms with Gasteiger partial charge in [-0.15, -0.1) is 0 Å². The van der Waals surface area contributed by atoms with Gasteiger partial charge in [-0.25, -0.2) is 0 Å². The van der Waals surface area contributed by atoms with Crippen LogP contribution >= 0.6 is 0 Å². The summed E-state index contributed by atoms with van der Waals surface area (Å²) in [6.07, 6.45) is 3.51. The molecule has 0 radical (unpaired) electrons. The maximum absolute atomic E-state index is 11.9. The third kappa shape index (κ3) is 4.05. The van der Waals surface area contributed by atoms with Crippen molar-refractivity contribution in [3.8, 4) is 0 Å². The van der Waals surface area contributed by atoms with Gasteiger partial charge in [0, 0.05) is 0 Å². The van der Waals surface area contributed by atoms with Crippen molar-refractivity contribution in [1.29, 1.82) is 0 Å². The summed E-state index contributed by atoms with van der Waals surface area (Å²) in [5, 5.41) is 0. The van der Waals surface area contributed by atoms with Crippen molar-refractivity contribution in [1.82, 2.24) is 0 Å². The van der Waals surface area contributed by atoms with Crippen molar-refractivity contribution in [3.05, 3.63) is 71.8 Å². The Bertz CT molecular complexity index is 671. The van der Waals surface area contributed by atoms with Crippen LogP contribution in [0.2, 0.25) is 0 Å². The van der Waals surface area contributed by atoms with Gasteiger partial charge >= 0.3 is 0 Å². The Morgan fingerprint density at radius 3 is 2.30 bits per heavy atom. The first kappa shape index (κ1) is 14.5. The maximum atomic E-state index is 11.9. The molecule has 0 bridgehead atoms. The molecule has 104 valence electrons. The van der Waals surface area contributed by atoms with Gasteiger partial charge in [-0.1, -0.05) is 60.2 Å². The lowest BCUT2D eigenvalue weighted by Crippen LogP contribution is -2.06. The van der Waals surface area contributed by atoms with Crippen molar-refractivity contribution in [2.45, 2.75) is 11.8 Å². The first-order valence-corrected chi connectivity index (χ1v) is 7.66. The second-order valence-electron chi connectivity index (χ2n) is 4.36. The van der Waals surface area contributed by atoms with Crippen LogP contribution in [-0.2, 0) is 14.3 Å². The van der Waals surface area contributed by atoms with Gasteiger partial charge in [0.2, 0.25) is 0 Å². The summed E-state index contributed by atoms with van der Waals surface area (Å²) in [4.78, 5) is 0.177. The third-order valence-corrected chi connectivity index (χ3v) is 4.03. The van der Waals surface area contributed by atoms with Gasteiger partial charge in [-0.05, 0) is 24.6 Å². The van der Waals surface area contributed by atoms with Crippen LogP contribution in [0.15, 0.2) is 65.6 Å². The van der Waals surface area contributed by atoms with Crippen molar-refractivity contribution in [2.24, 2.45) is 0 Å². The smallest absolute Gasteiger partial charge is 0.262 e. The summed E-state index contributed by atoms with van der Waals surface area (Å²) in [6.45, 7) is 1.92. The molecule has 20 heavy (non-hydrogen) atoms. The summed E-state index contributed by atoms with van der Waals surface area (Å²) in [6, 6.07) is 16.2. The van der Waals surface area contributed by atoms with Gasteiger partial charge in [0.1, 0.15) is 0 Å². The molecule has 0 N–H and O–H groups in total. The summed E-state index contributed by atoms with van der Waals surface area (Å²) in [5.74, 6) is 0. The molecule has 2 aromatic rings. The zero-order valence-corrected chi connectivity index (χ0v) is 12.0. The molecule has 0 spiro atoms. The van der Waals surface area contributed by atoms with E-state index in [1.165, 1.54) is 0 Å². The molecular weight excluding hydrogens is 272 g/mol. The van der Waals surface area contributed by atoms with E-state index < -0.39 is 10.1 Å². The number of hydrogen-bond donors (Lipinski definition) is 0. The lowest BCUT2D eigenvalue weighted by Gasteiger charge is -2.03. The second kappa shape index (κ2) is 6.50. The van der Waals surface area contributed by atoms with Crippen LogP contribution in [0.25, 0.3) is 6.08 Å². The van der Waals surface area contributed by atoms with Crippen molar-refractivity contribution >= 4 is 16.2 Å². The van der Waals surface area contributed by atoms with Crippen LogP contribution in [0.3, 0.4) is 0 Å². The highest BCUT2D eigenvalue weighted by Crippen LogP contribution is 2.13. The van der Waals surface area contributed by atoms with E-state index in [2.05, 4.69) is 0 Å². The molecule has 2 rings (SSSR count). The Morgan fingerprint density at radius 1 is 1.00 bits per heavy atom. The molecule has 0 saturated carbocycles. The minimum Gasteiger partial charge on any atom is -0.262 e. The molecular formula is C16H16O3S. The van der Waals surface area contributed by atoms with Gasteiger partial charge in [0.15, 0.2) is 0 Å².